The molecule has 0 aromatic heterocycles. The molecule has 0 unspecified atom stereocenters. The number of nitrogens with one attached hydrogen (secondary N) is 1. The summed E-state index contributed by atoms with van der Waals surface area (Å²) in [5.74, 6) is 0. The van der Waals surface area contributed by atoms with Gasteiger partial charge in [-0.3, -0.25) is 4.90 Å². The predicted octanol–water partition coefficient (Wildman–Crippen LogP) is 2.89. The third-order valence-corrected chi connectivity index (χ3v) is 4.63. The lowest BCUT2D eigenvalue weighted by Gasteiger charge is -2.40. The van der Waals surface area contributed by atoms with E-state index in [1.807, 2.05) is 0 Å². The molecule has 0 spiro atoms. The van der Waals surface area contributed by atoms with Crippen molar-refractivity contribution in [2.75, 3.05) is 32.8 Å². The van der Waals surface area contributed by atoms with E-state index in [1.54, 1.807) is 0 Å². The van der Waals surface area contributed by atoms with E-state index in [2.05, 4.69) is 44.8 Å². The molecule has 0 atom stereocenters. The first-order chi connectivity index (χ1) is 9.12. The van der Waals surface area contributed by atoms with Crippen LogP contribution >= 0.6 is 0 Å². The maximum absolute atomic E-state index is 9.34. The van der Waals surface area contributed by atoms with Gasteiger partial charge in [-0.15, -0.1) is 0 Å². The Morgan fingerprint density at radius 2 is 1.63 bits per heavy atom. The summed E-state index contributed by atoms with van der Waals surface area (Å²) in [6.45, 7) is 15.6. The van der Waals surface area contributed by atoms with Crippen LogP contribution in [0.5, 0.6) is 0 Å². The second kappa shape index (κ2) is 10.6. The van der Waals surface area contributed by atoms with Crippen molar-refractivity contribution in [3.05, 3.63) is 0 Å². The zero-order valence-corrected chi connectivity index (χ0v) is 13.8. The monoisotopic (exact) mass is 272 g/mol. The average molecular weight is 272 g/mol. The van der Waals surface area contributed by atoms with Gasteiger partial charge in [-0.25, -0.2) is 0 Å². The Morgan fingerprint density at radius 1 is 1.05 bits per heavy atom. The van der Waals surface area contributed by atoms with Crippen LogP contribution in [0.2, 0.25) is 0 Å². The molecule has 116 valence electrons. The maximum Gasteiger partial charge on any atom is 0.0558 e. The molecule has 0 heterocycles. The van der Waals surface area contributed by atoms with Gasteiger partial charge in [-0.2, -0.15) is 0 Å². The minimum absolute atomic E-state index is 0.265. The number of hydrogen-bond donors (Lipinski definition) is 2. The third kappa shape index (κ3) is 6.24. The molecule has 0 aliphatic carbocycles. The highest BCUT2D eigenvalue weighted by molar-refractivity contribution is 4.85. The van der Waals surface area contributed by atoms with Crippen LogP contribution in [-0.2, 0) is 0 Å². The lowest BCUT2D eigenvalue weighted by Crippen LogP contribution is -2.48. The Bertz CT molecular complexity index is 201. The highest BCUT2D eigenvalue weighted by Gasteiger charge is 2.30. The van der Waals surface area contributed by atoms with Crippen LogP contribution in [-0.4, -0.2) is 48.8 Å². The molecular formula is C16H36N2O. The first-order valence-electron chi connectivity index (χ1n) is 8.18. The number of aliphatic hydroxyl groups excluding tert-OH is 1. The van der Waals surface area contributed by atoms with Gasteiger partial charge < -0.3 is 10.4 Å². The summed E-state index contributed by atoms with van der Waals surface area (Å²) < 4.78 is 0. The Morgan fingerprint density at radius 3 is 2.00 bits per heavy atom. The largest absolute Gasteiger partial charge is 0.395 e. The minimum atomic E-state index is 0.265. The van der Waals surface area contributed by atoms with Crippen molar-refractivity contribution < 1.29 is 5.11 Å². The van der Waals surface area contributed by atoms with Crippen molar-refractivity contribution in [1.82, 2.24) is 10.2 Å². The number of hydrogen-bond acceptors (Lipinski definition) is 3. The van der Waals surface area contributed by atoms with Gasteiger partial charge in [0.1, 0.15) is 0 Å². The maximum atomic E-state index is 9.34. The van der Waals surface area contributed by atoms with E-state index in [-0.39, 0.29) is 6.61 Å². The lowest BCUT2D eigenvalue weighted by atomic mass is 9.81. The minimum Gasteiger partial charge on any atom is -0.395 e. The molecule has 0 aliphatic rings. The molecule has 3 nitrogen and oxygen atoms in total. The SMILES string of the molecule is CCNCC(CC)(CC)CN(CCO)C(CC)CC. The molecule has 3 heteroatoms. The van der Waals surface area contributed by atoms with Gasteiger partial charge in [-0.05, 0) is 37.6 Å². The summed E-state index contributed by atoms with van der Waals surface area (Å²) in [6, 6.07) is 0.603. The molecule has 0 aromatic rings. The summed E-state index contributed by atoms with van der Waals surface area (Å²) in [7, 11) is 0. The Balaban J connectivity index is 4.80. The Hall–Kier alpha value is -0.120. The van der Waals surface area contributed by atoms with Crippen molar-refractivity contribution in [1.29, 1.82) is 0 Å². The van der Waals surface area contributed by atoms with Crippen LogP contribution in [0.4, 0.5) is 0 Å². The van der Waals surface area contributed by atoms with Gasteiger partial charge in [-0.1, -0.05) is 34.6 Å². The Kier molecular flexibility index (Phi) is 10.6. The number of nitrogens with zero attached hydrogens (tertiary/aromatic N) is 1. The van der Waals surface area contributed by atoms with Gasteiger partial charge in [0.15, 0.2) is 0 Å². The molecule has 0 radical (unpaired) electrons. The van der Waals surface area contributed by atoms with Crippen LogP contribution in [0.3, 0.4) is 0 Å². The lowest BCUT2D eigenvalue weighted by molar-refractivity contribution is 0.0760. The molecule has 0 aromatic carbocycles. The summed E-state index contributed by atoms with van der Waals surface area (Å²) in [6.07, 6.45) is 4.72. The topological polar surface area (TPSA) is 35.5 Å². The van der Waals surface area contributed by atoms with Crippen molar-refractivity contribution in [3.8, 4) is 0 Å². The van der Waals surface area contributed by atoms with Crippen LogP contribution in [0, 0.1) is 5.41 Å². The van der Waals surface area contributed by atoms with Gasteiger partial charge in [0.25, 0.3) is 0 Å². The van der Waals surface area contributed by atoms with Crippen LogP contribution in [0.25, 0.3) is 0 Å². The van der Waals surface area contributed by atoms with E-state index in [0.29, 0.717) is 11.5 Å². The van der Waals surface area contributed by atoms with Crippen LogP contribution in [0.1, 0.15) is 60.3 Å². The molecule has 0 saturated heterocycles. The summed E-state index contributed by atoms with van der Waals surface area (Å²) in [5, 5.41) is 12.9. The van der Waals surface area contributed by atoms with E-state index >= 15 is 0 Å². The molecule has 0 rings (SSSR count). The average Bonchev–Trinajstić information content (AvgIpc) is 2.45. The van der Waals surface area contributed by atoms with E-state index in [1.165, 1.54) is 25.7 Å². The fourth-order valence-corrected chi connectivity index (χ4v) is 2.92. The summed E-state index contributed by atoms with van der Waals surface area (Å²) >= 11 is 0. The molecule has 19 heavy (non-hydrogen) atoms. The quantitative estimate of drug-likeness (QED) is 0.573. The zero-order valence-electron chi connectivity index (χ0n) is 13.8. The van der Waals surface area contributed by atoms with Crippen molar-refractivity contribution in [3.63, 3.8) is 0 Å². The predicted molar refractivity (Wildman–Crippen MR) is 84.6 cm³/mol. The van der Waals surface area contributed by atoms with E-state index in [4.69, 9.17) is 0 Å². The molecular weight excluding hydrogens is 236 g/mol. The van der Waals surface area contributed by atoms with Gasteiger partial charge >= 0.3 is 0 Å². The zero-order chi connectivity index (χ0) is 14.7. The second-order valence-electron chi connectivity index (χ2n) is 5.65. The van der Waals surface area contributed by atoms with Crippen molar-refractivity contribution >= 4 is 0 Å². The highest BCUT2D eigenvalue weighted by atomic mass is 16.3. The van der Waals surface area contributed by atoms with Gasteiger partial charge in [0, 0.05) is 25.7 Å². The van der Waals surface area contributed by atoms with Crippen LogP contribution in [0.15, 0.2) is 0 Å². The van der Waals surface area contributed by atoms with Crippen molar-refractivity contribution in [2.24, 2.45) is 5.41 Å². The summed E-state index contributed by atoms with van der Waals surface area (Å²) in [5.41, 5.74) is 0.341. The second-order valence-corrected chi connectivity index (χ2v) is 5.65. The number of aliphatic hydroxyl groups is 1. The van der Waals surface area contributed by atoms with Crippen LogP contribution < -0.4 is 5.32 Å². The number of rotatable bonds is 12. The first kappa shape index (κ1) is 18.9. The normalized spacial score (nSPS) is 12.6. The van der Waals surface area contributed by atoms with Gasteiger partial charge in [0.2, 0.25) is 0 Å². The smallest absolute Gasteiger partial charge is 0.0558 e. The first-order valence-corrected chi connectivity index (χ1v) is 8.18. The molecule has 2 N–H and O–H groups in total. The molecule has 0 amide bonds. The summed E-state index contributed by atoms with van der Waals surface area (Å²) in [4.78, 5) is 2.50. The van der Waals surface area contributed by atoms with Crippen molar-refractivity contribution in [2.45, 2.75) is 66.3 Å². The molecule has 0 aliphatic heterocycles. The van der Waals surface area contributed by atoms with E-state index in [0.717, 1.165) is 26.2 Å². The fraction of sp³-hybridized carbons (Fsp3) is 1.00. The highest BCUT2D eigenvalue weighted by Crippen LogP contribution is 2.28. The molecule has 0 saturated carbocycles. The molecule has 0 fully saturated rings. The third-order valence-electron chi connectivity index (χ3n) is 4.63. The molecule has 0 bridgehead atoms. The standard InChI is InChI=1S/C16H36N2O/c1-6-15(7-2)18(11-12-19)14-16(8-3,9-4)13-17-10-5/h15,17,19H,6-14H2,1-5H3. The Labute approximate surface area is 120 Å². The van der Waals surface area contributed by atoms with E-state index < -0.39 is 0 Å². The fourth-order valence-electron chi connectivity index (χ4n) is 2.92. The van der Waals surface area contributed by atoms with E-state index in [9.17, 15) is 5.11 Å². The van der Waals surface area contributed by atoms with Gasteiger partial charge in [0.05, 0.1) is 6.61 Å².